The highest BCUT2D eigenvalue weighted by Gasteiger charge is 2.23. The number of benzene rings is 1. The Morgan fingerprint density at radius 3 is 2.97 bits per heavy atom. The van der Waals surface area contributed by atoms with Crippen molar-refractivity contribution >= 4 is 34.1 Å². The van der Waals surface area contributed by atoms with Crippen molar-refractivity contribution in [3.63, 3.8) is 0 Å². The van der Waals surface area contributed by atoms with Gasteiger partial charge in [-0.3, -0.25) is 4.79 Å². The Morgan fingerprint density at radius 2 is 2.14 bits per heavy atom. The number of carbonyl (C=O) groups excluding carboxylic acids is 1. The molecule has 3 aromatic heterocycles. The Hall–Kier alpha value is -3.38. The van der Waals surface area contributed by atoms with Crippen molar-refractivity contribution in [2.45, 2.75) is 6.42 Å². The first-order valence-electron chi connectivity index (χ1n) is 9.32. The van der Waals surface area contributed by atoms with E-state index in [1.54, 1.807) is 29.3 Å². The summed E-state index contributed by atoms with van der Waals surface area (Å²) < 4.78 is 5.36. The number of aromatic amines is 1. The molecular weight excluding hydrogens is 388 g/mol. The van der Waals surface area contributed by atoms with Crippen LogP contribution in [0.1, 0.15) is 22.5 Å². The van der Waals surface area contributed by atoms with Gasteiger partial charge in [0.15, 0.2) is 11.5 Å². The second-order valence-corrected chi connectivity index (χ2v) is 7.36. The van der Waals surface area contributed by atoms with Crippen LogP contribution in [0.5, 0.6) is 0 Å². The lowest BCUT2D eigenvalue weighted by atomic mass is 9.99. The topological polar surface area (TPSA) is 75.0 Å². The van der Waals surface area contributed by atoms with Crippen LogP contribution < -0.4 is 0 Å². The molecule has 0 radical (unpaired) electrons. The third kappa shape index (κ3) is 3.32. The number of halogens is 1. The molecule has 6 nitrogen and oxygen atoms in total. The first-order valence-corrected chi connectivity index (χ1v) is 9.70. The highest BCUT2D eigenvalue weighted by Crippen LogP contribution is 2.29. The molecule has 144 valence electrons. The normalized spacial score (nSPS) is 14.2. The average Bonchev–Trinajstić information content (AvgIpc) is 3.41. The molecule has 0 saturated carbocycles. The van der Waals surface area contributed by atoms with Crippen molar-refractivity contribution in [2.75, 3.05) is 13.1 Å². The Balaban J connectivity index is 1.34. The predicted molar refractivity (Wildman–Crippen MR) is 112 cm³/mol. The van der Waals surface area contributed by atoms with E-state index in [1.165, 1.54) is 5.57 Å². The smallest absolute Gasteiger partial charge is 0.276 e. The highest BCUT2D eigenvalue weighted by atomic mass is 35.5. The lowest BCUT2D eigenvalue weighted by molar-refractivity contribution is 0.0762. The van der Waals surface area contributed by atoms with E-state index < -0.39 is 0 Å². The van der Waals surface area contributed by atoms with Crippen molar-refractivity contribution in [2.24, 2.45) is 0 Å². The molecule has 0 unspecified atom stereocenters. The molecule has 0 aliphatic carbocycles. The maximum atomic E-state index is 12.8. The molecule has 1 N–H and O–H groups in total. The summed E-state index contributed by atoms with van der Waals surface area (Å²) in [4.78, 5) is 22.2. The summed E-state index contributed by atoms with van der Waals surface area (Å²) >= 11 is 6.03. The summed E-state index contributed by atoms with van der Waals surface area (Å²) in [5, 5.41) is 5.67. The molecule has 0 saturated heterocycles. The van der Waals surface area contributed by atoms with Gasteiger partial charge in [-0.2, -0.15) is 0 Å². The van der Waals surface area contributed by atoms with E-state index in [-0.39, 0.29) is 5.91 Å². The number of aromatic nitrogens is 3. The van der Waals surface area contributed by atoms with Crippen LogP contribution in [-0.4, -0.2) is 39.0 Å². The van der Waals surface area contributed by atoms with E-state index in [2.05, 4.69) is 27.3 Å². The summed E-state index contributed by atoms with van der Waals surface area (Å²) in [7, 11) is 0. The van der Waals surface area contributed by atoms with Crippen LogP contribution in [0, 0.1) is 0 Å². The summed E-state index contributed by atoms with van der Waals surface area (Å²) in [5.41, 5.74) is 4.32. The molecule has 4 heterocycles. The molecule has 5 rings (SSSR count). The molecule has 0 fully saturated rings. The Bertz CT molecular complexity index is 1240. The van der Waals surface area contributed by atoms with E-state index in [0.29, 0.717) is 29.6 Å². The minimum absolute atomic E-state index is 0.141. The fourth-order valence-electron chi connectivity index (χ4n) is 3.64. The van der Waals surface area contributed by atoms with Crippen LogP contribution in [0.3, 0.4) is 0 Å². The number of hydrogen-bond donors (Lipinski definition) is 1. The number of carbonyl (C=O) groups is 1. The molecule has 7 heteroatoms. The second-order valence-electron chi connectivity index (χ2n) is 6.92. The number of amides is 1. The monoisotopic (exact) mass is 404 g/mol. The van der Waals surface area contributed by atoms with Crippen LogP contribution in [-0.2, 0) is 0 Å². The van der Waals surface area contributed by atoms with Gasteiger partial charge in [-0.1, -0.05) is 35.0 Å². The van der Waals surface area contributed by atoms with Crippen LogP contribution in [0.15, 0.2) is 65.5 Å². The van der Waals surface area contributed by atoms with Gasteiger partial charge in [0.1, 0.15) is 5.65 Å². The third-order valence-electron chi connectivity index (χ3n) is 5.13. The number of hydrogen-bond acceptors (Lipinski definition) is 4. The summed E-state index contributed by atoms with van der Waals surface area (Å²) in [5.74, 6) is 0.383. The fourth-order valence-corrected chi connectivity index (χ4v) is 3.83. The van der Waals surface area contributed by atoms with Crippen molar-refractivity contribution in [3.8, 4) is 11.3 Å². The van der Waals surface area contributed by atoms with Gasteiger partial charge in [0.05, 0.1) is 0 Å². The average molecular weight is 405 g/mol. The Labute approximate surface area is 171 Å². The van der Waals surface area contributed by atoms with Gasteiger partial charge in [0, 0.05) is 53.1 Å². The number of nitrogens with zero attached hydrogens (tertiary/aromatic N) is 3. The Morgan fingerprint density at radius 1 is 1.21 bits per heavy atom. The van der Waals surface area contributed by atoms with E-state index in [1.807, 2.05) is 24.4 Å². The molecule has 1 amide bonds. The highest BCUT2D eigenvalue weighted by molar-refractivity contribution is 6.30. The number of H-pyrrole nitrogens is 1. The van der Waals surface area contributed by atoms with Crippen molar-refractivity contribution in [1.82, 2.24) is 20.0 Å². The van der Waals surface area contributed by atoms with E-state index in [4.69, 9.17) is 16.1 Å². The van der Waals surface area contributed by atoms with Crippen molar-refractivity contribution in [1.29, 1.82) is 0 Å². The first-order chi connectivity index (χ1) is 14.2. The van der Waals surface area contributed by atoms with Crippen molar-refractivity contribution < 1.29 is 9.32 Å². The lowest BCUT2D eigenvalue weighted by Crippen LogP contribution is -2.34. The lowest BCUT2D eigenvalue weighted by Gasteiger charge is -2.25. The van der Waals surface area contributed by atoms with Crippen LogP contribution >= 0.6 is 11.6 Å². The van der Waals surface area contributed by atoms with Gasteiger partial charge < -0.3 is 14.4 Å². The number of nitrogens with one attached hydrogen (secondary N) is 1. The molecule has 1 aromatic carbocycles. The van der Waals surface area contributed by atoms with E-state index >= 15 is 0 Å². The summed E-state index contributed by atoms with van der Waals surface area (Å²) in [6.45, 7) is 1.15. The van der Waals surface area contributed by atoms with Gasteiger partial charge in [-0.05, 0) is 36.3 Å². The molecule has 0 atom stereocenters. The first kappa shape index (κ1) is 17.7. The van der Waals surface area contributed by atoms with Gasteiger partial charge in [-0.25, -0.2) is 4.98 Å². The van der Waals surface area contributed by atoms with Crippen LogP contribution in [0.4, 0.5) is 0 Å². The molecule has 0 bridgehead atoms. The van der Waals surface area contributed by atoms with E-state index in [9.17, 15) is 4.79 Å². The number of fused-ring (bicyclic) bond motifs is 1. The summed E-state index contributed by atoms with van der Waals surface area (Å²) in [6.07, 6.45) is 6.62. The maximum absolute atomic E-state index is 12.8. The molecule has 29 heavy (non-hydrogen) atoms. The quantitative estimate of drug-likeness (QED) is 0.532. The van der Waals surface area contributed by atoms with E-state index in [0.717, 1.165) is 28.6 Å². The number of pyridine rings is 1. The van der Waals surface area contributed by atoms with Crippen molar-refractivity contribution in [3.05, 3.63) is 77.2 Å². The molecular formula is C22H17ClN4O2. The van der Waals surface area contributed by atoms with Gasteiger partial charge >= 0.3 is 0 Å². The Kier molecular flexibility index (Phi) is 4.41. The maximum Gasteiger partial charge on any atom is 0.276 e. The standard InChI is InChI=1S/C22H17ClN4O2/c23-16-4-1-3-15(11-16)20-12-19(26-29-20)22(28)27-9-6-14(7-10-27)18-13-25-21-17(18)5-2-8-24-21/h1-6,8,11-13H,7,9-10H2,(H,24,25). The number of rotatable bonds is 3. The molecule has 1 aliphatic rings. The largest absolute Gasteiger partial charge is 0.355 e. The third-order valence-corrected chi connectivity index (χ3v) is 5.37. The van der Waals surface area contributed by atoms with Gasteiger partial charge in [-0.15, -0.1) is 0 Å². The minimum atomic E-state index is -0.141. The molecule has 1 aliphatic heterocycles. The van der Waals surface area contributed by atoms with Crippen LogP contribution in [0.2, 0.25) is 5.02 Å². The molecule has 4 aromatic rings. The zero-order chi connectivity index (χ0) is 19.8. The van der Waals surface area contributed by atoms with Crippen LogP contribution in [0.25, 0.3) is 27.9 Å². The fraction of sp³-hybridized carbons (Fsp3) is 0.136. The zero-order valence-corrected chi connectivity index (χ0v) is 16.2. The molecule has 0 spiro atoms. The minimum Gasteiger partial charge on any atom is -0.355 e. The second kappa shape index (κ2) is 7.22. The summed E-state index contributed by atoms with van der Waals surface area (Å²) in [6, 6.07) is 12.9. The van der Waals surface area contributed by atoms with Gasteiger partial charge in [0.2, 0.25) is 0 Å². The SMILES string of the molecule is O=C(c1cc(-c2cccc(Cl)c2)on1)N1CC=C(c2c[nH]c3ncccc23)CC1. The zero-order valence-electron chi connectivity index (χ0n) is 15.4. The predicted octanol–water partition coefficient (Wildman–Crippen LogP) is 4.80. The van der Waals surface area contributed by atoms with Gasteiger partial charge in [0.25, 0.3) is 5.91 Å².